The maximum absolute atomic E-state index is 11.9. The highest BCUT2D eigenvalue weighted by Crippen LogP contribution is 2.20. The molecule has 0 aromatic heterocycles. The Morgan fingerprint density at radius 1 is 1.00 bits per heavy atom. The third-order valence-corrected chi connectivity index (χ3v) is 3.92. The normalized spacial score (nSPS) is 10.2. The second-order valence-electron chi connectivity index (χ2n) is 5.39. The summed E-state index contributed by atoms with van der Waals surface area (Å²) in [5.41, 5.74) is 3.65. The Labute approximate surface area is 140 Å². The van der Waals surface area contributed by atoms with Gasteiger partial charge in [0, 0.05) is 17.3 Å². The monoisotopic (exact) mass is 330 g/mol. The molecular formula is C18H19ClN2O2. The Balaban J connectivity index is 1.84. The van der Waals surface area contributed by atoms with Gasteiger partial charge in [0.1, 0.15) is 6.42 Å². The lowest BCUT2D eigenvalue weighted by molar-refractivity contribution is -0.126. The highest BCUT2D eigenvalue weighted by atomic mass is 35.5. The van der Waals surface area contributed by atoms with Crippen molar-refractivity contribution < 1.29 is 9.59 Å². The van der Waals surface area contributed by atoms with Crippen LogP contribution in [0.3, 0.4) is 0 Å². The van der Waals surface area contributed by atoms with Crippen molar-refractivity contribution in [3.63, 3.8) is 0 Å². The number of hydrogen-bond donors (Lipinski definition) is 2. The Morgan fingerprint density at radius 2 is 1.74 bits per heavy atom. The van der Waals surface area contributed by atoms with Gasteiger partial charge in [0.15, 0.2) is 0 Å². The van der Waals surface area contributed by atoms with E-state index in [-0.39, 0.29) is 18.2 Å². The molecule has 120 valence electrons. The molecule has 2 N–H and O–H groups in total. The Kier molecular flexibility index (Phi) is 5.77. The van der Waals surface area contributed by atoms with Crippen molar-refractivity contribution in [3.8, 4) is 0 Å². The average Bonchev–Trinajstić information content (AvgIpc) is 2.50. The van der Waals surface area contributed by atoms with Crippen molar-refractivity contribution in [2.75, 3.05) is 5.32 Å². The molecule has 5 heteroatoms. The van der Waals surface area contributed by atoms with E-state index in [0.29, 0.717) is 17.3 Å². The van der Waals surface area contributed by atoms with Crippen LogP contribution in [-0.2, 0) is 16.1 Å². The molecular weight excluding hydrogens is 312 g/mol. The number of rotatable bonds is 5. The fraction of sp³-hybridized carbons (Fsp3) is 0.222. The maximum atomic E-state index is 11.9. The maximum Gasteiger partial charge on any atom is 0.233 e. The van der Waals surface area contributed by atoms with E-state index in [2.05, 4.69) is 10.6 Å². The molecule has 0 atom stereocenters. The number of carbonyl (C=O) groups is 2. The van der Waals surface area contributed by atoms with Crippen LogP contribution in [0.25, 0.3) is 0 Å². The first-order chi connectivity index (χ1) is 11.0. The van der Waals surface area contributed by atoms with E-state index in [0.717, 1.165) is 16.7 Å². The minimum absolute atomic E-state index is 0.225. The summed E-state index contributed by atoms with van der Waals surface area (Å²) < 4.78 is 0. The van der Waals surface area contributed by atoms with Crippen molar-refractivity contribution in [2.24, 2.45) is 0 Å². The topological polar surface area (TPSA) is 58.2 Å². The fourth-order valence-electron chi connectivity index (χ4n) is 2.09. The molecule has 2 aromatic carbocycles. The van der Waals surface area contributed by atoms with Gasteiger partial charge in [0.05, 0.1) is 0 Å². The number of benzene rings is 2. The summed E-state index contributed by atoms with van der Waals surface area (Å²) in [4.78, 5) is 23.7. The second kappa shape index (κ2) is 7.79. The first-order valence-corrected chi connectivity index (χ1v) is 7.70. The summed E-state index contributed by atoms with van der Waals surface area (Å²) in [6.45, 7) is 4.28. The predicted molar refractivity (Wildman–Crippen MR) is 92.5 cm³/mol. The standard InChI is InChI=1S/C18H19ClN2O2/c1-12-5-3-4-6-14(12)11-20-17(22)10-18(23)21-15-8-7-13(2)16(19)9-15/h3-9H,10-11H2,1-2H3,(H,20,22)(H,21,23). The molecule has 0 unspecified atom stereocenters. The van der Waals surface area contributed by atoms with E-state index >= 15 is 0 Å². The van der Waals surface area contributed by atoms with Crippen LogP contribution in [0.5, 0.6) is 0 Å². The van der Waals surface area contributed by atoms with Gasteiger partial charge < -0.3 is 10.6 Å². The van der Waals surface area contributed by atoms with Crippen LogP contribution in [0.2, 0.25) is 5.02 Å². The fourth-order valence-corrected chi connectivity index (χ4v) is 2.27. The second-order valence-corrected chi connectivity index (χ2v) is 5.80. The van der Waals surface area contributed by atoms with E-state index in [4.69, 9.17) is 11.6 Å². The summed E-state index contributed by atoms with van der Waals surface area (Å²) in [6.07, 6.45) is -0.225. The van der Waals surface area contributed by atoms with Gasteiger partial charge in [-0.25, -0.2) is 0 Å². The number of hydrogen-bond acceptors (Lipinski definition) is 2. The predicted octanol–water partition coefficient (Wildman–Crippen LogP) is 3.60. The molecule has 0 radical (unpaired) electrons. The molecule has 0 saturated carbocycles. The Hall–Kier alpha value is -2.33. The molecule has 2 amide bonds. The molecule has 0 bridgehead atoms. The van der Waals surface area contributed by atoms with E-state index in [9.17, 15) is 9.59 Å². The van der Waals surface area contributed by atoms with Crippen molar-refractivity contribution in [2.45, 2.75) is 26.8 Å². The number of nitrogens with one attached hydrogen (secondary N) is 2. The first kappa shape index (κ1) is 17.0. The zero-order valence-corrected chi connectivity index (χ0v) is 13.9. The van der Waals surface area contributed by atoms with E-state index in [1.807, 2.05) is 44.2 Å². The molecule has 23 heavy (non-hydrogen) atoms. The first-order valence-electron chi connectivity index (χ1n) is 7.33. The molecule has 0 aliphatic rings. The number of carbonyl (C=O) groups excluding carboxylic acids is 2. The molecule has 2 aromatic rings. The van der Waals surface area contributed by atoms with Crippen molar-refractivity contribution in [1.82, 2.24) is 5.32 Å². The number of halogens is 1. The SMILES string of the molecule is Cc1ccc(NC(=O)CC(=O)NCc2ccccc2C)cc1Cl. The Bertz CT molecular complexity index is 729. The van der Waals surface area contributed by atoms with Crippen LogP contribution >= 0.6 is 11.6 Å². The number of amides is 2. The molecule has 0 saturated heterocycles. The molecule has 4 nitrogen and oxygen atoms in total. The molecule has 2 rings (SSSR count). The summed E-state index contributed by atoms with van der Waals surface area (Å²) in [6, 6.07) is 13.0. The van der Waals surface area contributed by atoms with Crippen molar-refractivity contribution >= 4 is 29.1 Å². The zero-order valence-electron chi connectivity index (χ0n) is 13.2. The van der Waals surface area contributed by atoms with Gasteiger partial charge in [0.25, 0.3) is 0 Å². The number of aryl methyl sites for hydroxylation is 2. The minimum Gasteiger partial charge on any atom is -0.352 e. The molecule has 0 fully saturated rings. The summed E-state index contributed by atoms with van der Waals surface area (Å²) in [7, 11) is 0. The number of anilines is 1. The van der Waals surface area contributed by atoms with Crippen LogP contribution < -0.4 is 10.6 Å². The third-order valence-electron chi connectivity index (χ3n) is 3.51. The third kappa shape index (κ3) is 5.11. The lowest BCUT2D eigenvalue weighted by atomic mass is 10.1. The minimum atomic E-state index is -0.368. The van der Waals surface area contributed by atoms with Crippen LogP contribution in [-0.4, -0.2) is 11.8 Å². The Morgan fingerprint density at radius 3 is 2.43 bits per heavy atom. The molecule has 0 aliphatic carbocycles. The van der Waals surface area contributed by atoms with Gasteiger partial charge in [-0.3, -0.25) is 9.59 Å². The van der Waals surface area contributed by atoms with E-state index < -0.39 is 0 Å². The molecule has 0 heterocycles. The van der Waals surface area contributed by atoms with Crippen LogP contribution in [0, 0.1) is 13.8 Å². The van der Waals surface area contributed by atoms with Gasteiger partial charge in [-0.1, -0.05) is 41.9 Å². The van der Waals surface area contributed by atoms with Crippen LogP contribution in [0.1, 0.15) is 23.1 Å². The van der Waals surface area contributed by atoms with Gasteiger partial charge in [0.2, 0.25) is 11.8 Å². The largest absolute Gasteiger partial charge is 0.352 e. The zero-order chi connectivity index (χ0) is 16.8. The summed E-state index contributed by atoms with van der Waals surface area (Å²) in [5.74, 6) is -0.684. The average molecular weight is 331 g/mol. The van der Waals surface area contributed by atoms with E-state index in [1.165, 1.54) is 0 Å². The summed E-state index contributed by atoms with van der Waals surface area (Å²) in [5, 5.41) is 5.99. The lowest BCUT2D eigenvalue weighted by Crippen LogP contribution is -2.28. The van der Waals surface area contributed by atoms with Gasteiger partial charge in [-0.05, 0) is 42.7 Å². The van der Waals surface area contributed by atoms with Crippen LogP contribution in [0.15, 0.2) is 42.5 Å². The van der Waals surface area contributed by atoms with Gasteiger partial charge >= 0.3 is 0 Å². The van der Waals surface area contributed by atoms with Gasteiger partial charge in [-0.2, -0.15) is 0 Å². The highest BCUT2D eigenvalue weighted by molar-refractivity contribution is 6.31. The van der Waals surface area contributed by atoms with E-state index in [1.54, 1.807) is 12.1 Å². The smallest absolute Gasteiger partial charge is 0.233 e. The van der Waals surface area contributed by atoms with Crippen molar-refractivity contribution in [1.29, 1.82) is 0 Å². The van der Waals surface area contributed by atoms with Crippen molar-refractivity contribution in [3.05, 3.63) is 64.2 Å². The lowest BCUT2D eigenvalue weighted by Gasteiger charge is -2.09. The molecule has 0 aliphatic heterocycles. The summed E-state index contributed by atoms with van der Waals surface area (Å²) >= 11 is 6.00. The van der Waals surface area contributed by atoms with Crippen LogP contribution in [0.4, 0.5) is 5.69 Å². The quantitative estimate of drug-likeness (QED) is 0.823. The molecule has 0 spiro atoms. The highest BCUT2D eigenvalue weighted by Gasteiger charge is 2.10. The van der Waals surface area contributed by atoms with Gasteiger partial charge in [-0.15, -0.1) is 0 Å².